The monoisotopic (exact) mass is 233 g/mol. The molecule has 1 aromatic rings. The van der Waals surface area contributed by atoms with Crippen molar-refractivity contribution >= 4 is 0 Å². The molecule has 0 fully saturated rings. The number of hydrogen-bond acceptors (Lipinski definition) is 2. The largest absolute Gasteiger partial charge is 0.380 e. The zero-order chi connectivity index (χ0) is 12.1. The van der Waals surface area contributed by atoms with Crippen LogP contribution in [-0.4, -0.2) is 19.8 Å². The molecule has 1 aliphatic carbocycles. The molecule has 2 nitrogen and oxygen atoms in total. The van der Waals surface area contributed by atoms with Crippen molar-refractivity contribution in [2.75, 3.05) is 19.8 Å². The maximum absolute atomic E-state index is 5.58. The Morgan fingerprint density at radius 2 is 2.18 bits per heavy atom. The van der Waals surface area contributed by atoms with Gasteiger partial charge >= 0.3 is 0 Å². The average Bonchev–Trinajstić information content (AvgIpc) is 2.72. The Hall–Kier alpha value is -0.860. The highest BCUT2D eigenvalue weighted by molar-refractivity contribution is 5.34. The number of benzene rings is 1. The van der Waals surface area contributed by atoms with Gasteiger partial charge in [0.2, 0.25) is 0 Å². The fourth-order valence-corrected chi connectivity index (χ4v) is 2.39. The first-order chi connectivity index (χ1) is 8.27. The molecule has 0 spiro atoms. The fourth-order valence-electron chi connectivity index (χ4n) is 2.39. The maximum Gasteiger partial charge on any atom is 0.0591 e. The topological polar surface area (TPSA) is 21.3 Å². The lowest BCUT2D eigenvalue weighted by atomic mass is 10.1. The van der Waals surface area contributed by atoms with Gasteiger partial charge in [0, 0.05) is 19.2 Å². The number of rotatable bonds is 6. The summed E-state index contributed by atoms with van der Waals surface area (Å²) in [6, 6.07) is 9.29. The number of aryl methyl sites for hydroxylation is 1. The molecular formula is C15H23NO. The third kappa shape index (κ3) is 3.55. The minimum atomic E-state index is 0.536. The molecule has 1 aromatic carbocycles. The standard InChI is InChI=1S/C15H23NO/c1-12(2)11-17-10-9-16-15-8-7-13-5-3-4-6-14(13)15/h3-6,12,15-16H,7-11H2,1-2H3. The molecule has 0 aromatic heterocycles. The van der Waals surface area contributed by atoms with E-state index in [9.17, 15) is 0 Å². The Kier molecular flexibility index (Phi) is 4.57. The average molecular weight is 233 g/mol. The van der Waals surface area contributed by atoms with Crippen LogP contribution in [0.25, 0.3) is 0 Å². The Bertz CT molecular complexity index is 349. The molecule has 0 saturated carbocycles. The first-order valence-corrected chi connectivity index (χ1v) is 6.66. The summed E-state index contributed by atoms with van der Waals surface area (Å²) in [5, 5.41) is 3.59. The van der Waals surface area contributed by atoms with Gasteiger partial charge in [-0.1, -0.05) is 38.1 Å². The molecule has 0 radical (unpaired) electrons. The third-order valence-corrected chi connectivity index (χ3v) is 3.22. The molecular weight excluding hydrogens is 210 g/mol. The Balaban J connectivity index is 1.71. The van der Waals surface area contributed by atoms with E-state index in [2.05, 4.69) is 43.4 Å². The molecule has 94 valence electrons. The van der Waals surface area contributed by atoms with Crippen LogP contribution in [0.2, 0.25) is 0 Å². The van der Waals surface area contributed by atoms with E-state index in [0.717, 1.165) is 19.8 Å². The van der Waals surface area contributed by atoms with E-state index in [1.807, 2.05) is 0 Å². The van der Waals surface area contributed by atoms with Crippen molar-refractivity contribution in [3.63, 3.8) is 0 Å². The molecule has 17 heavy (non-hydrogen) atoms. The first-order valence-electron chi connectivity index (χ1n) is 6.66. The molecule has 0 amide bonds. The number of ether oxygens (including phenoxy) is 1. The highest BCUT2D eigenvalue weighted by Crippen LogP contribution is 2.30. The minimum absolute atomic E-state index is 0.536. The Labute approximate surface area is 104 Å². The second-order valence-electron chi connectivity index (χ2n) is 5.21. The van der Waals surface area contributed by atoms with Gasteiger partial charge in [-0.2, -0.15) is 0 Å². The van der Waals surface area contributed by atoms with Gasteiger partial charge in [-0.3, -0.25) is 0 Å². The SMILES string of the molecule is CC(C)COCCNC1CCc2ccccc21. The summed E-state index contributed by atoms with van der Waals surface area (Å²) in [7, 11) is 0. The van der Waals surface area contributed by atoms with Gasteiger partial charge in [0.15, 0.2) is 0 Å². The lowest BCUT2D eigenvalue weighted by Crippen LogP contribution is -2.24. The molecule has 2 rings (SSSR count). The van der Waals surface area contributed by atoms with Gasteiger partial charge < -0.3 is 10.1 Å². The number of fused-ring (bicyclic) bond motifs is 1. The Morgan fingerprint density at radius 1 is 1.35 bits per heavy atom. The molecule has 1 unspecified atom stereocenters. The van der Waals surface area contributed by atoms with E-state index in [4.69, 9.17) is 4.74 Å². The number of hydrogen-bond donors (Lipinski definition) is 1. The summed E-state index contributed by atoms with van der Waals surface area (Å²) >= 11 is 0. The zero-order valence-electron chi connectivity index (χ0n) is 10.9. The third-order valence-electron chi connectivity index (χ3n) is 3.22. The maximum atomic E-state index is 5.58. The van der Waals surface area contributed by atoms with Crippen molar-refractivity contribution in [3.8, 4) is 0 Å². The smallest absolute Gasteiger partial charge is 0.0591 e. The van der Waals surface area contributed by atoms with E-state index in [1.165, 1.54) is 24.0 Å². The van der Waals surface area contributed by atoms with E-state index in [-0.39, 0.29) is 0 Å². The molecule has 0 bridgehead atoms. The predicted molar refractivity (Wildman–Crippen MR) is 71.2 cm³/mol. The summed E-state index contributed by atoms with van der Waals surface area (Å²) in [5.41, 5.74) is 2.99. The summed E-state index contributed by atoms with van der Waals surface area (Å²) in [4.78, 5) is 0. The molecule has 2 heteroatoms. The van der Waals surface area contributed by atoms with E-state index in [0.29, 0.717) is 12.0 Å². The quantitative estimate of drug-likeness (QED) is 0.763. The van der Waals surface area contributed by atoms with Crippen molar-refractivity contribution in [2.24, 2.45) is 5.92 Å². The van der Waals surface area contributed by atoms with Crippen molar-refractivity contribution in [1.29, 1.82) is 0 Å². The van der Waals surface area contributed by atoms with Crippen LogP contribution < -0.4 is 5.32 Å². The fraction of sp³-hybridized carbons (Fsp3) is 0.600. The van der Waals surface area contributed by atoms with Gasteiger partial charge in [0.05, 0.1) is 6.61 Å². The second-order valence-corrected chi connectivity index (χ2v) is 5.21. The van der Waals surface area contributed by atoms with Crippen LogP contribution in [0.5, 0.6) is 0 Å². The normalized spacial score (nSPS) is 18.6. The number of nitrogens with one attached hydrogen (secondary N) is 1. The molecule has 0 heterocycles. The first kappa shape index (κ1) is 12.6. The van der Waals surface area contributed by atoms with Gasteiger partial charge in [-0.05, 0) is 29.9 Å². The minimum Gasteiger partial charge on any atom is -0.380 e. The summed E-state index contributed by atoms with van der Waals surface area (Å²) < 4.78 is 5.58. The summed E-state index contributed by atoms with van der Waals surface area (Å²) in [6.07, 6.45) is 2.43. The highest BCUT2D eigenvalue weighted by atomic mass is 16.5. The summed E-state index contributed by atoms with van der Waals surface area (Å²) in [5.74, 6) is 0.627. The van der Waals surface area contributed by atoms with Crippen LogP contribution >= 0.6 is 0 Å². The van der Waals surface area contributed by atoms with Gasteiger partial charge in [-0.15, -0.1) is 0 Å². The molecule has 0 saturated heterocycles. The summed E-state index contributed by atoms with van der Waals surface area (Å²) in [6.45, 7) is 6.99. The predicted octanol–water partition coefficient (Wildman–Crippen LogP) is 2.94. The lowest BCUT2D eigenvalue weighted by molar-refractivity contribution is 0.110. The van der Waals surface area contributed by atoms with Crippen molar-refractivity contribution in [2.45, 2.75) is 32.7 Å². The van der Waals surface area contributed by atoms with Gasteiger partial charge in [0.1, 0.15) is 0 Å². The van der Waals surface area contributed by atoms with Crippen LogP contribution in [0, 0.1) is 5.92 Å². The van der Waals surface area contributed by atoms with Gasteiger partial charge in [0.25, 0.3) is 0 Å². The Morgan fingerprint density at radius 3 is 3.00 bits per heavy atom. The molecule has 1 atom stereocenters. The van der Waals surface area contributed by atoms with Crippen molar-refractivity contribution in [3.05, 3.63) is 35.4 Å². The van der Waals surface area contributed by atoms with E-state index in [1.54, 1.807) is 0 Å². The van der Waals surface area contributed by atoms with Crippen LogP contribution in [0.15, 0.2) is 24.3 Å². The van der Waals surface area contributed by atoms with Crippen LogP contribution in [0.4, 0.5) is 0 Å². The molecule has 1 aliphatic rings. The highest BCUT2D eigenvalue weighted by Gasteiger charge is 2.20. The van der Waals surface area contributed by atoms with Crippen LogP contribution in [-0.2, 0) is 11.2 Å². The van der Waals surface area contributed by atoms with Crippen LogP contribution in [0.3, 0.4) is 0 Å². The molecule has 0 aliphatic heterocycles. The zero-order valence-corrected chi connectivity index (χ0v) is 10.9. The van der Waals surface area contributed by atoms with E-state index < -0.39 is 0 Å². The second kappa shape index (κ2) is 6.18. The van der Waals surface area contributed by atoms with Gasteiger partial charge in [-0.25, -0.2) is 0 Å². The van der Waals surface area contributed by atoms with E-state index >= 15 is 0 Å². The van der Waals surface area contributed by atoms with Crippen molar-refractivity contribution in [1.82, 2.24) is 5.32 Å². The van der Waals surface area contributed by atoms with Crippen molar-refractivity contribution < 1.29 is 4.74 Å². The molecule has 1 N–H and O–H groups in total. The van der Waals surface area contributed by atoms with Crippen LogP contribution in [0.1, 0.15) is 37.4 Å². The lowest BCUT2D eigenvalue weighted by Gasteiger charge is -2.14.